The molecule has 2 aromatic heterocycles. The lowest BCUT2D eigenvalue weighted by Crippen LogP contribution is -2.11. The topological polar surface area (TPSA) is 54.9 Å². The fourth-order valence-corrected chi connectivity index (χ4v) is 3.27. The van der Waals surface area contributed by atoms with Gasteiger partial charge in [-0.25, -0.2) is 4.98 Å². The van der Waals surface area contributed by atoms with Crippen molar-refractivity contribution in [1.82, 2.24) is 9.97 Å². The number of carbonyl (C=O) groups excluding carboxylic acids is 1. The van der Waals surface area contributed by atoms with Crippen LogP contribution in [0.25, 0.3) is 10.7 Å². The van der Waals surface area contributed by atoms with Crippen LogP contribution in [0.4, 0.5) is 5.69 Å². The molecule has 1 amide bonds. The molecule has 1 aromatic carbocycles. The van der Waals surface area contributed by atoms with Gasteiger partial charge in [-0.15, -0.1) is 11.3 Å². The number of nitrogens with zero attached hydrogens (tertiary/aromatic N) is 2. The predicted octanol–water partition coefficient (Wildman–Crippen LogP) is 4.53. The summed E-state index contributed by atoms with van der Waals surface area (Å²) in [5.74, 6) is -0.163. The van der Waals surface area contributed by atoms with Crippen molar-refractivity contribution in [2.24, 2.45) is 0 Å². The standard InChI is InChI=1S/C16H12BrN3OS/c1-10-14(15(21)20-12-7-3-2-6-11(12)17)22-16(19-10)13-8-4-5-9-18-13/h2-9H,1H3,(H,20,21). The molecular formula is C16H12BrN3OS. The van der Waals surface area contributed by atoms with Crippen LogP contribution in [0.2, 0.25) is 0 Å². The average molecular weight is 374 g/mol. The molecule has 6 heteroatoms. The number of hydrogen-bond donors (Lipinski definition) is 1. The maximum absolute atomic E-state index is 12.4. The molecule has 0 spiro atoms. The van der Waals surface area contributed by atoms with Crippen LogP contribution >= 0.6 is 27.3 Å². The molecule has 3 aromatic rings. The monoisotopic (exact) mass is 373 g/mol. The van der Waals surface area contributed by atoms with Gasteiger partial charge in [-0.3, -0.25) is 9.78 Å². The third-order valence-corrected chi connectivity index (χ3v) is 4.88. The first-order chi connectivity index (χ1) is 10.6. The molecule has 0 aliphatic carbocycles. The van der Waals surface area contributed by atoms with Gasteiger partial charge in [0.05, 0.1) is 17.1 Å². The molecule has 110 valence electrons. The number of benzene rings is 1. The van der Waals surface area contributed by atoms with Crippen LogP contribution in [0.5, 0.6) is 0 Å². The summed E-state index contributed by atoms with van der Waals surface area (Å²) < 4.78 is 0.843. The maximum atomic E-state index is 12.4. The molecule has 1 N–H and O–H groups in total. The summed E-state index contributed by atoms with van der Waals surface area (Å²) in [4.78, 5) is 21.8. The Kier molecular flexibility index (Phi) is 4.31. The number of hydrogen-bond acceptors (Lipinski definition) is 4. The highest BCUT2D eigenvalue weighted by Gasteiger charge is 2.17. The first-order valence-corrected chi connectivity index (χ1v) is 8.21. The largest absolute Gasteiger partial charge is 0.320 e. The highest BCUT2D eigenvalue weighted by atomic mass is 79.9. The minimum absolute atomic E-state index is 0.163. The number of carbonyl (C=O) groups is 1. The van der Waals surface area contributed by atoms with Crippen LogP contribution in [-0.2, 0) is 0 Å². The van der Waals surface area contributed by atoms with E-state index in [2.05, 4.69) is 31.2 Å². The van der Waals surface area contributed by atoms with Gasteiger partial charge in [0.2, 0.25) is 0 Å². The lowest BCUT2D eigenvalue weighted by molar-refractivity contribution is 0.102. The first-order valence-electron chi connectivity index (χ1n) is 6.60. The highest BCUT2D eigenvalue weighted by molar-refractivity contribution is 9.10. The Morgan fingerprint density at radius 3 is 2.68 bits per heavy atom. The van der Waals surface area contributed by atoms with E-state index in [0.717, 1.165) is 20.9 Å². The molecule has 3 rings (SSSR count). The van der Waals surface area contributed by atoms with Gasteiger partial charge in [-0.05, 0) is 47.1 Å². The quantitative estimate of drug-likeness (QED) is 0.733. The van der Waals surface area contributed by atoms with Gasteiger partial charge in [-0.1, -0.05) is 18.2 Å². The second-order valence-corrected chi connectivity index (χ2v) is 6.44. The van der Waals surface area contributed by atoms with Crippen LogP contribution in [0, 0.1) is 6.92 Å². The van der Waals surface area contributed by atoms with E-state index in [0.29, 0.717) is 10.6 Å². The van der Waals surface area contributed by atoms with Crippen molar-refractivity contribution in [2.75, 3.05) is 5.32 Å². The van der Waals surface area contributed by atoms with Crippen molar-refractivity contribution in [3.63, 3.8) is 0 Å². The second-order valence-electron chi connectivity index (χ2n) is 4.58. The van der Waals surface area contributed by atoms with Crippen molar-refractivity contribution >= 4 is 38.9 Å². The summed E-state index contributed by atoms with van der Waals surface area (Å²) >= 11 is 4.77. The fraction of sp³-hybridized carbons (Fsp3) is 0.0625. The van der Waals surface area contributed by atoms with Crippen LogP contribution in [0.15, 0.2) is 53.1 Å². The Morgan fingerprint density at radius 2 is 1.95 bits per heavy atom. The third-order valence-electron chi connectivity index (χ3n) is 3.01. The second kappa shape index (κ2) is 6.37. The van der Waals surface area contributed by atoms with E-state index in [1.54, 1.807) is 6.20 Å². The van der Waals surface area contributed by atoms with Gasteiger partial charge in [0.15, 0.2) is 0 Å². The minimum Gasteiger partial charge on any atom is -0.320 e. The molecule has 0 fully saturated rings. The van der Waals surface area contributed by atoms with Gasteiger partial charge < -0.3 is 5.32 Å². The van der Waals surface area contributed by atoms with E-state index in [-0.39, 0.29) is 5.91 Å². The minimum atomic E-state index is -0.163. The smallest absolute Gasteiger partial charge is 0.267 e. The normalized spacial score (nSPS) is 10.5. The lowest BCUT2D eigenvalue weighted by atomic mass is 10.3. The van der Waals surface area contributed by atoms with E-state index >= 15 is 0 Å². The number of thiazole rings is 1. The average Bonchev–Trinajstić information content (AvgIpc) is 2.92. The number of rotatable bonds is 3. The van der Waals surface area contributed by atoms with E-state index in [1.165, 1.54) is 11.3 Å². The van der Waals surface area contributed by atoms with Crippen molar-refractivity contribution in [1.29, 1.82) is 0 Å². The summed E-state index contributed by atoms with van der Waals surface area (Å²) in [6.45, 7) is 1.83. The molecular weight excluding hydrogens is 362 g/mol. The van der Waals surface area contributed by atoms with Crippen molar-refractivity contribution in [3.05, 3.63) is 63.7 Å². The molecule has 2 heterocycles. The lowest BCUT2D eigenvalue weighted by Gasteiger charge is -2.05. The molecule has 0 radical (unpaired) electrons. The molecule has 22 heavy (non-hydrogen) atoms. The number of nitrogens with one attached hydrogen (secondary N) is 1. The number of anilines is 1. The van der Waals surface area contributed by atoms with E-state index < -0.39 is 0 Å². The summed E-state index contributed by atoms with van der Waals surface area (Å²) in [5, 5.41) is 3.64. The number of para-hydroxylation sites is 1. The zero-order valence-corrected chi connectivity index (χ0v) is 14.1. The zero-order valence-electron chi connectivity index (χ0n) is 11.7. The van der Waals surface area contributed by atoms with Gasteiger partial charge in [0.1, 0.15) is 9.88 Å². The number of aryl methyl sites for hydroxylation is 1. The molecule has 0 atom stereocenters. The Hall–Kier alpha value is -2.05. The molecule has 4 nitrogen and oxygen atoms in total. The summed E-state index contributed by atoms with van der Waals surface area (Å²) in [5.41, 5.74) is 2.21. The number of aromatic nitrogens is 2. The van der Waals surface area contributed by atoms with Crippen LogP contribution in [-0.4, -0.2) is 15.9 Å². The number of halogens is 1. The first kappa shape index (κ1) is 14.9. The van der Waals surface area contributed by atoms with Crippen LogP contribution < -0.4 is 5.32 Å². The molecule has 0 unspecified atom stereocenters. The Morgan fingerprint density at radius 1 is 1.18 bits per heavy atom. The summed E-state index contributed by atoms with van der Waals surface area (Å²) in [6.07, 6.45) is 1.72. The van der Waals surface area contributed by atoms with Crippen molar-refractivity contribution in [2.45, 2.75) is 6.92 Å². The van der Waals surface area contributed by atoms with E-state index in [1.807, 2.05) is 49.4 Å². The maximum Gasteiger partial charge on any atom is 0.267 e. The molecule has 0 saturated heterocycles. The van der Waals surface area contributed by atoms with Crippen LogP contribution in [0.1, 0.15) is 15.4 Å². The molecule has 0 aliphatic heterocycles. The van der Waals surface area contributed by atoms with Crippen molar-refractivity contribution in [3.8, 4) is 10.7 Å². The number of amides is 1. The van der Waals surface area contributed by atoms with Crippen LogP contribution in [0.3, 0.4) is 0 Å². The SMILES string of the molecule is Cc1nc(-c2ccccn2)sc1C(=O)Nc1ccccc1Br. The summed E-state index contributed by atoms with van der Waals surface area (Å²) in [7, 11) is 0. The number of pyridine rings is 1. The molecule has 0 saturated carbocycles. The van der Waals surface area contributed by atoms with E-state index in [9.17, 15) is 4.79 Å². The van der Waals surface area contributed by atoms with Gasteiger partial charge in [0.25, 0.3) is 5.91 Å². The zero-order chi connectivity index (χ0) is 15.5. The van der Waals surface area contributed by atoms with Gasteiger partial charge >= 0.3 is 0 Å². The highest BCUT2D eigenvalue weighted by Crippen LogP contribution is 2.28. The van der Waals surface area contributed by atoms with E-state index in [4.69, 9.17) is 0 Å². The third kappa shape index (κ3) is 3.08. The summed E-state index contributed by atoms with van der Waals surface area (Å²) in [6, 6.07) is 13.1. The Bertz CT molecular complexity index is 817. The van der Waals surface area contributed by atoms with Gasteiger partial charge in [-0.2, -0.15) is 0 Å². The van der Waals surface area contributed by atoms with Crippen molar-refractivity contribution < 1.29 is 4.79 Å². The molecule has 0 aliphatic rings. The predicted molar refractivity (Wildman–Crippen MR) is 92.2 cm³/mol. The Labute approximate surface area is 140 Å². The van der Waals surface area contributed by atoms with Gasteiger partial charge in [0, 0.05) is 10.7 Å². The fourth-order valence-electron chi connectivity index (χ4n) is 1.95. The Balaban J connectivity index is 1.88. The molecule has 0 bridgehead atoms.